The lowest BCUT2D eigenvalue weighted by atomic mass is 10.1. The van der Waals surface area contributed by atoms with Crippen molar-refractivity contribution >= 4 is 29.0 Å². The van der Waals surface area contributed by atoms with Crippen molar-refractivity contribution in [3.8, 4) is 0 Å². The lowest BCUT2D eigenvalue weighted by Crippen LogP contribution is -2.34. The van der Waals surface area contributed by atoms with E-state index in [0.29, 0.717) is 12.2 Å². The standard InChI is InChI=1S/C16H17NO2S2/c18-14-8-11-4-1-2-6-13(11)16(14)17-15(19)10-20-9-12-5-3-7-21-12/h1-7,14,16,18H,8-10H2,(H,17,19)/t14-,16+/m1/s1. The van der Waals surface area contributed by atoms with Crippen LogP contribution in [0.4, 0.5) is 0 Å². The third-order valence-corrected chi connectivity index (χ3v) is 5.62. The van der Waals surface area contributed by atoms with Gasteiger partial charge in [-0.1, -0.05) is 30.3 Å². The molecule has 1 aliphatic rings. The number of hydrogen-bond acceptors (Lipinski definition) is 4. The molecule has 0 unspecified atom stereocenters. The number of aliphatic hydroxyl groups excluding tert-OH is 1. The Balaban J connectivity index is 1.53. The minimum atomic E-state index is -0.520. The van der Waals surface area contributed by atoms with Gasteiger partial charge in [-0.25, -0.2) is 0 Å². The van der Waals surface area contributed by atoms with Crippen molar-refractivity contribution in [2.24, 2.45) is 0 Å². The van der Waals surface area contributed by atoms with Gasteiger partial charge < -0.3 is 10.4 Å². The first-order chi connectivity index (χ1) is 10.2. The van der Waals surface area contributed by atoms with E-state index in [-0.39, 0.29) is 11.9 Å². The predicted molar refractivity (Wildman–Crippen MR) is 87.5 cm³/mol. The maximum absolute atomic E-state index is 12.0. The van der Waals surface area contributed by atoms with Crippen molar-refractivity contribution in [1.82, 2.24) is 5.32 Å². The summed E-state index contributed by atoms with van der Waals surface area (Å²) in [4.78, 5) is 13.3. The molecular weight excluding hydrogens is 302 g/mol. The van der Waals surface area contributed by atoms with Crippen molar-refractivity contribution in [2.75, 3.05) is 5.75 Å². The number of benzene rings is 1. The molecule has 1 aliphatic carbocycles. The number of aliphatic hydroxyl groups is 1. The summed E-state index contributed by atoms with van der Waals surface area (Å²) in [6, 6.07) is 11.7. The second-order valence-corrected chi connectivity index (χ2v) is 7.11. The fourth-order valence-electron chi connectivity index (χ4n) is 2.60. The van der Waals surface area contributed by atoms with Gasteiger partial charge in [0.1, 0.15) is 0 Å². The van der Waals surface area contributed by atoms with Gasteiger partial charge in [0.2, 0.25) is 5.91 Å². The maximum atomic E-state index is 12.0. The molecule has 2 aromatic rings. The minimum Gasteiger partial charge on any atom is -0.390 e. The minimum absolute atomic E-state index is 0.0164. The first-order valence-corrected chi connectivity index (χ1v) is 8.93. The zero-order valence-corrected chi connectivity index (χ0v) is 13.1. The second-order valence-electron chi connectivity index (χ2n) is 5.09. The molecule has 0 saturated carbocycles. The Hall–Kier alpha value is -1.30. The van der Waals surface area contributed by atoms with Crippen molar-refractivity contribution in [2.45, 2.75) is 24.3 Å². The molecule has 0 bridgehead atoms. The molecule has 3 rings (SSSR count). The molecule has 5 heteroatoms. The van der Waals surface area contributed by atoms with Gasteiger partial charge in [-0.3, -0.25) is 4.79 Å². The third-order valence-electron chi connectivity index (χ3n) is 3.58. The molecule has 3 nitrogen and oxygen atoms in total. The van der Waals surface area contributed by atoms with Crippen LogP contribution in [0.15, 0.2) is 41.8 Å². The topological polar surface area (TPSA) is 49.3 Å². The van der Waals surface area contributed by atoms with Gasteiger partial charge in [-0.05, 0) is 22.6 Å². The highest BCUT2D eigenvalue weighted by molar-refractivity contribution is 7.99. The van der Waals surface area contributed by atoms with Gasteiger partial charge in [-0.2, -0.15) is 0 Å². The summed E-state index contributed by atoms with van der Waals surface area (Å²) in [5, 5.41) is 15.1. The molecule has 0 saturated heterocycles. The van der Waals surface area contributed by atoms with Crippen LogP contribution in [0.3, 0.4) is 0 Å². The summed E-state index contributed by atoms with van der Waals surface area (Å²) in [6.07, 6.45) is 0.0948. The Morgan fingerprint density at radius 1 is 1.33 bits per heavy atom. The first-order valence-electron chi connectivity index (χ1n) is 6.89. The predicted octanol–water partition coefficient (Wildman–Crippen LogP) is 2.76. The Morgan fingerprint density at radius 3 is 3.00 bits per heavy atom. The van der Waals surface area contributed by atoms with E-state index in [1.165, 1.54) is 4.88 Å². The van der Waals surface area contributed by atoms with Crippen LogP contribution in [0.25, 0.3) is 0 Å². The molecule has 21 heavy (non-hydrogen) atoms. The SMILES string of the molecule is O=C(CSCc1cccs1)N[C@H]1c2ccccc2C[C@H]1O. The monoisotopic (exact) mass is 319 g/mol. The van der Waals surface area contributed by atoms with Crippen LogP contribution in [0.5, 0.6) is 0 Å². The molecule has 1 aromatic carbocycles. The van der Waals surface area contributed by atoms with Crippen LogP contribution >= 0.6 is 23.1 Å². The number of hydrogen-bond donors (Lipinski definition) is 2. The summed E-state index contributed by atoms with van der Waals surface area (Å²) in [6.45, 7) is 0. The number of rotatable bonds is 5. The van der Waals surface area contributed by atoms with Gasteiger partial charge in [0.05, 0.1) is 17.9 Å². The average Bonchev–Trinajstić information content (AvgIpc) is 3.08. The molecule has 1 heterocycles. The lowest BCUT2D eigenvalue weighted by Gasteiger charge is -2.17. The van der Waals surface area contributed by atoms with E-state index < -0.39 is 6.10 Å². The average molecular weight is 319 g/mol. The number of thioether (sulfide) groups is 1. The molecule has 0 spiro atoms. The fourth-order valence-corrected chi connectivity index (χ4v) is 4.28. The maximum Gasteiger partial charge on any atom is 0.230 e. The largest absolute Gasteiger partial charge is 0.390 e. The normalized spacial score (nSPS) is 20.2. The van der Waals surface area contributed by atoms with Crippen LogP contribution in [-0.2, 0) is 17.0 Å². The van der Waals surface area contributed by atoms with Crippen LogP contribution in [0.1, 0.15) is 22.0 Å². The van der Waals surface area contributed by atoms with E-state index in [9.17, 15) is 9.90 Å². The van der Waals surface area contributed by atoms with Gasteiger partial charge in [0.25, 0.3) is 0 Å². The highest BCUT2D eigenvalue weighted by atomic mass is 32.2. The summed E-state index contributed by atoms with van der Waals surface area (Å²) in [5.41, 5.74) is 2.17. The van der Waals surface area contributed by atoms with Crippen molar-refractivity contribution in [3.63, 3.8) is 0 Å². The van der Waals surface area contributed by atoms with E-state index in [0.717, 1.165) is 16.9 Å². The summed E-state index contributed by atoms with van der Waals surface area (Å²) in [7, 11) is 0. The zero-order valence-electron chi connectivity index (χ0n) is 11.5. The highest BCUT2D eigenvalue weighted by Crippen LogP contribution is 2.31. The Bertz CT molecular complexity index is 612. The smallest absolute Gasteiger partial charge is 0.230 e. The summed E-state index contributed by atoms with van der Waals surface area (Å²) >= 11 is 3.31. The number of fused-ring (bicyclic) bond motifs is 1. The molecule has 0 radical (unpaired) electrons. The Labute approximate surface area is 132 Å². The number of nitrogens with one attached hydrogen (secondary N) is 1. The highest BCUT2D eigenvalue weighted by Gasteiger charge is 2.31. The fraction of sp³-hybridized carbons (Fsp3) is 0.312. The molecule has 1 amide bonds. The van der Waals surface area contributed by atoms with Crippen LogP contribution in [-0.4, -0.2) is 22.9 Å². The molecule has 2 N–H and O–H groups in total. The third kappa shape index (κ3) is 3.48. The van der Waals surface area contributed by atoms with Crippen LogP contribution in [0, 0.1) is 0 Å². The molecule has 1 aromatic heterocycles. The van der Waals surface area contributed by atoms with E-state index in [4.69, 9.17) is 0 Å². The van der Waals surface area contributed by atoms with Gasteiger partial charge in [0, 0.05) is 17.1 Å². The van der Waals surface area contributed by atoms with Crippen LogP contribution in [0.2, 0.25) is 0 Å². The number of carbonyl (C=O) groups excluding carboxylic acids is 1. The van der Waals surface area contributed by atoms with Gasteiger partial charge in [0.15, 0.2) is 0 Å². The zero-order chi connectivity index (χ0) is 14.7. The first kappa shape index (κ1) is 14.6. The molecule has 0 fully saturated rings. The van der Waals surface area contributed by atoms with Crippen molar-refractivity contribution < 1.29 is 9.90 Å². The Kier molecular flexibility index (Phi) is 4.63. The molecule has 2 atom stereocenters. The number of carbonyl (C=O) groups is 1. The summed E-state index contributed by atoms with van der Waals surface area (Å²) in [5.74, 6) is 1.26. The van der Waals surface area contributed by atoms with Gasteiger partial charge >= 0.3 is 0 Å². The van der Waals surface area contributed by atoms with Gasteiger partial charge in [-0.15, -0.1) is 23.1 Å². The van der Waals surface area contributed by atoms with E-state index in [1.54, 1.807) is 23.1 Å². The van der Waals surface area contributed by atoms with E-state index in [1.807, 2.05) is 35.7 Å². The van der Waals surface area contributed by atoms with Crippen molar-refractivity contribution in [3.05, 3.63) is 57.8 Å². The van der Waals surface area contributed by atoms with Crippen molar-refractivity contribution in [1.29, 1.82) is 0 Å². The Morgan fingerprint density at radius 2 is 2.19 bits per heavy atom. The van der Waals surface area contributed by atoms with E-state index >= 15 is 0 Å². The number of amides is 1. The quantitative estimate of drug-likeness (QED) is 0.891. The lowest BCUT2D eigenvalue weighted by molar-refractivity contribution is -0.120. The van der Waals surface area contributed by atoms with E-state index in [2.05, 4.69) is 11.4 Å². The molecule has 110 valence electrons. The number of thiophene rings is 1. The molecular formula is C16H17NO2S2. The molecule has 0 aliphatic heterocycles. The second kappa shape index (κ2) is 6.64. The van der Waals surface area contributed by atoms with Crippen LogP contribution < -0.4 is 5.32 Å². The summed E-state index contributed by atoms with van der Waals surface area (Å²) < 4.78 is 0.